The van der Waals surface area contributed by atoms with E-state index >= 15 is 0 Å². The predicted octanol–water partition coefficient (Wildman–Crippen LogP) is 3.00. The number of benzene rings is 4. The van der Waals surface area contributed by atoms with E-state index < -0.39 is 21.5 Å². The molecule has 10 heteroatoms. The summed E-state index contributed by atoms with van der Waals surface area (Å²) in [7, 11) is 0. The third-order valence-corrected chi connectivity index (χ3v) is 8.33. The third kappa shape index (κ3) is 9.29. The Bertz CT molecular complexity index is 1650. The molecule has 0 spiro atoms. The Morgan fingerprint density at radius 1 is 0.651 bits per heavy atom. The van der Waals surface area contributed by atoms with Crippen molar-refractivity contribution in [2.75, 3.05) is 0 Å². The summed E-state index contributed by atoms with van der Waals surface area (Å²) in [5.41, 5.74) is 10.7. The molecule has 3 amide bonds. The second-order valence-corrected chi connectivity index (χ2v) is 12.0. The SMILES string of the molecule is Cc1ccccc1C(=O)N/N=C\c1cc(/C=C/[I-]NC(=O)c2ccccc2Br)cc(/C=N/NC(=O)c2ccccc2C)c1. The van der Waals surface area contributed by atoms with Crippen LogP contribution in [0.5, 0.6) is 0 Å². The fraction of sp³-hybridized carbons (Fsp3) is 0.0606. The summed E-state index contributed by atoms with van der Waals surface area (Å²) in [6.45, 7) is 3.73. The average molecular weight is 749 g/mol. The molecule has 0 radical (unpaired) electrons. The van der Waals surface area contributed by atoms with Gasteiger partial charge in [0.1, 0.15) is 0 Å². The maximum atomic E-state index is 12.6. The second kappa shape index (κ2) is 15.7. The molecule has 4 aromatic rings. The quantitative estimate of drug-likeness (QED) is 0.100. The topological polar surface area (TPSA) is 112 Å². The van der Waals surface area contributed by atoms with Crippen LogP contribution in [0.1, 0.15) is 58.9 Å². The van der Waals surface area contributed by atoms with Crippen LogP contribution in [-0.4, -0.2) is 30.2 Å². The molecular formula is C33H28BrIN5O3-. The van der Waals surface area contributed by atoms with Crippen molar-refractivity contribution in [3.8, 4) is 0 Å². The first kappa shape index (κ1) is 31.5. The van der Waals surface area contributed by atoms with Crippen LogP contribution in [0.4, 0.5) is 0 Å². The van der Waals surface area contributed by atoms with E-state index in [2.05, 4.69) is 40.5 Å². The molecule has 0 bridgehead atoms. The number of carbonyl (C=O) groups is 3. The molecule has 0 atom stereocenters. The molecule has 8 nitrogen and oxygen atoms in total. The molecule has 0 saturated heterocycles. The van der Waals surface area contributed by atoms with E-state index in [1.54, 1.807) is 42.8 Å². The number of aryl methyl sites for hydroxylation is 2. The molecule has 4 rings (SSSR count). The van der Waals surface area contributed by atoms with Crippen LogP contribution >= 0.6 is 15.9 Å². The number of rotatable bonds is 10. The third-order valence-electron chi connectivity index (χ3n) is 6.12. The van der Waals surface area contributed by atoms with Gasteiger partial charge >= 0.3 is 258 Å². The monoisotopic (exact) mass is 748 g/mol. The van der Waals surface area contributed by atoms with Gasteiger partial charge in [0.15, 0.2) is 0 Å². The zero-order valence-corrected chi connectivity index (χ0v) is 27.1. The van der Waals surface area contributed by atoms with Crippen molar-refractivity contribution < 1.29 is 35.9 Å². The summed E-state index contributed by atoms with van der Waals surface area (Å²) in [5.74, 6) is -0.763. The van der Waals surface area contributed by atoms with Crippen molar-refractivity contribution in [2.24, 2.45) is 10.2 Å². The van der Waals surface area contributed by atoms with Crippen LogP contribution in [-0.2, 0) is 0 Å². The molecule has 0 aliphatic heterocycles. The van der Waals surface area contributed by atoms with Crippen LogP contribution < -0.4 is 35.9 Å². The number of halogens is 2. The Balaban J connectivity index is 1.48. The summed E-state index contributed by atoms with van der Waals surface area (Å²) < 4.78 is 5.65. The van der Waals surface area contributed by atoms with Gasteiger partial charge in [0.25, 0.3) is 0 Å². The molecule has 0 aliphatic carbocycles. The Morgan fingerprint density at radius 3 is 1.63 bits per heavy atom. The van der Waals surface area contributed by atoms with Gasteiger partial charge in [0, 0.05) is 0 Å². The fourth-order valence-corrected chi connectivity index (χ4v) is 5.75. The predicted molar refractivity (Wildman–Crippen MR) is 170 cm³/mol. The molecule has 0 aliphatic rings. The Kier molecular flexibility index (Phi) is 11.5. The zero-order valence-electron chi connectivity index (χ0n) is 23.3. The molecule has 0 fully saturated rings. The molecular weight excluding hydrogens is 721 g/mol. The number of nitrogens with zero attached hydrogens (tertiary/aromatic N) is 2. The molecule has 0 heterocycles. The van der Waals surface area contributed by atoms with Crippen LogP contribution in [0, 0.1) is 13.8 Å². The van der Waals surface area contributed by atoms with Crippen molar-refractivity contribution in [3.63, 3.8) is 0 Å². The average Bonchev–Trinajstić information content (AvgIpc) is 3.00. The summed E-state index contributed by atoms with van der Waals surface area (Å²) in [6, 6.07) is 27.4. The molecule has 4 aromatic carbocycles. The normalized spacial score (nSPS) is 11.3. The zero-order chi connectivity index (χ0) is 30.6. The van der Waals surface area contributed by atoms with Gasteiger partial charge in [-0.25, -0.2) is 0 Å². The van der Waals surface area contributed by atoms with E-state index in [0.29, 0.717) is 27.8 Å². The van der Waals surface area contributed by atoms with Crippen LogP contribution in [0.2, 0.25) is 0 Å². The van der Waals surface area contributed by atoms with Crippen molar-refractivity contribution in [2.45, 2.75) is 13.8 Å². The summed E-state index contributed by atoms with van der Waals surface area (Å²) in [5, 5.41) is 8.29. The maximum absolute atomic E-state index is 12.6. The first-order valence-corrected chi connectivity index (χ1v) is 16.2. The molecule has 0 aromatic heterocycles. The van der Waals surface area contributed by atoms with Crippen molar-refractivity contribution in [1.29, 1.82) is 0 Å². The molecule has 218 valence electrons. The van der Waals surface area contributed by atoms with Crippen molar-refractivity contribution in [1.82, 2.24) is 14.4 Å². The van der Waals surface area contributed by atoms with E-state index in [0.717, 1.165) is 21.2 Å². The molecule has 3 N–H and O–H groups in total. The van der Waals surface area contributed by atoms with E-state index in [1.165, 1.54) is 0 Å². The Labute approximate surface area is 269 Å². The van der Waals surface area contributed by atoms with Gasteiger partial charge in [0.2, 0.25) is 0 Å². The number of amides is 3. The fourth-order valence-electron chi connectivity index (χ4n) is 3.94. The van der Waals surface area contributed by atoms with Gasteiger partial charge in [-0.1, -0.05) is 12.1 Å². The van der Waals surface area contributed by atoms with E-state index in [9.17, 15) is 14.4 Å². The summed E-state index contributed by atoms with van der Waals surface area (Å²) in [6.07, 6.45) is 4.99. The molecule has 0 saturated carbocycles. The number of nitrogens with one attached hydrogen (secondary N) is 3. The van der Waals surface area contributed by atoms with Gasteiger partial charge in [-0.15, -0.1) is 0 Å². The number of hydrazone groups is 2. The van der Waals surface area contributed by atoms with Crippen LogP contribution in [0.25, 0.3) is 6.08 Å². The first-order valence-electron chi connectivity index (χ1n) is 13.1. The standard InChI is InChI=1S/C33H28BrIN5O3/c1-22-9-3-5-11-27(22)32(42)39-36-20-25-17-24(15-16-35-38-31(41)29-13-7-8-14-30(29)34)18-26(19-25)21-37-40-33(43)28-12-6-4-10-23(28)2/h3-21H,1-2H3,(H,38,41)(H,39,42)(H,40,43)/q-1/b16-15+,36-20-,37-21+. The molecule has 0 unspecified atom stereocenters. The second-order valence-electron chi connectivity index (χ2n) is 9.27. The number of hydrogen-bond acceptors (Lipinski definition) is 5. The molecule has 43 heavy (non-hydrogen) atoms. The minimum absolute atomic E-state index is 0.146. The van der Waals surface area contributed by atoms with Crippen LogP contribution in [0.3, 0.4) is 0 Å². The van der Waals surface area contributed by atoms with E-state index in [1.807, 2.05) is 84.7 Å². The van der Waals surface area contributed by atoms with Crippen molar-refractivity contribution >= 4 is 52.2 Å². The Hall–Kier alpha value is -4.42. The van der Waals surface area contributed by atoms with Gasteiger partial charge in [-0.3, -0.25) is 0 Å². The van der Waals surface area contributed by atoms with Gasteiger partial charge in [-0.05, 0) is 0 Å². The number of hydrogen-bond donors (Lipinski definition) is 3. The summed E-state index contributed by atoms with van der Waals surface area (Å²) in [4.78, 5) is 37.6. The van der Waals surface area contributed by atoms with Crippen LogP contribution in [0.15, 0.2) is 110 Å². The van der Waals surface area contributed by atoms with E-state index in [4.69, 9.17) is 0 Å². The Morgan fingerprint density at radius 2 is 1.12 bits per heavy atom. The van der Waals surface area contributed by atoms with Crippen molar-refractivity contribution in [3.05, 3.63) is 144 Å². The van der Waals surface area contributed by atoms with E-state index in [-0.39, 0.29) is 17.7 Å². The first-order chi connectivity index (χ1) is 20.8. The van der Waals surface area contributed by atoms with Gasteiger partial charge < -0.3 is 0 Å². The summed E-state index contributed by atoms with van der Waals surface area (Å²) >= 11 is 2.63. The number of carbonyl (C=O) groups excluding carboxylic acids is 3. The van der Waals surface area contributed by atoms with Gasteiger partial charge in [-0.2, -0.15) is 0 Å². The van der Waals surface area contributed by atoms with Gasteiger partial charge in [0.05, 0.1) is 0 Å². The minimum atomic E-state index is -0.782.